The summed E-state index contributed by atoms with van der Waals surface area (Å²) in [6, 6.07) is 9.48. The van der Waals surface area contributed by atoms with E-state index in [1.54, 1.807) is 6.20 Å². The summed E-state index contributed by atoms with van der Waals surface area (Å²) in [5, 5.41) is 6.88. The molecule has 6 heteroatoms. The highest BCUT2D eigenvalue weighted by atomic mass is 16.5. The normalized spacial score (nSPS) is 16.9. The van der Waals surface area contributed by atoms with Crippen LogP contribution in [-0.4, -0.2) is 54.8 Å². The van der Waals surface area contributed by atoms with Crippen molar-refractivity contribution in [2.24, 2.45) is 0 Å². The van der Waals surface area contributed by atoms with Crippen molar-refractivity contribution >= 4 is 22.6 Å². The lowest BCUT2D eigenvalue weighted by molar-refractivity contribution is 0.0350. The van der Waals surface area contributed by atoms with Gasteiger partial charge in [0.1, 0.15) is 0 Å². The van der Waals surface area contributed by atoms with Crippen LogP contribution in [0.1, 0.15) is 6.92 Å². The smallest absolute Gasteiger partial charge is 0.319 e. The van der Waals surface area contributed by atoms with Gasteiger partial charge in [0.15, 0.2) is 0 Å². The van der Waals surface area contributed by atoms with Crippen LogP contribution >= 0.6 is 0 Å². The second-order valence-electron chi connectivity index (χ2n) is 5.79. The monoisotopic (exact) mass is 314 g/mol. The highest BCUT2D eigenvalue weighted by Crippen LogP contribution is 2.20. The number of pyridine rings is 1. The molecule has 0 bridgehead atoms. The number of carbonyl (C=O) groups is 1. The highest BCUT2D eigenvalue weighted by molar-refractivity contribution is 5.99. The summed E-state index contributed by atoms with van der Waals surface area (Å²) >= 11 is 0. The van der Waals surface area contributed by atoms with Crippen LogP contribution in [0, 0.1) is 0 Å². The SMILES string of the molecule is C[C@@H](CN1CCOCC1)NC(=O)Nc1cccc2cccnc12. The van der Waals surface area contributed by atoms with Gasteiger partial charge in [0, 0.05) is 37.3 Å². The molecule has 2 amide bonds. The van der Waals surface area contributed by atoms with E-state index in [9.17, 15) is 4.79 Å². The minimum atomic E-state index is -0.205. The van der Waals surface area contributed by atoms with E-state index < -0.39 is 0 Å². The standard InChI is InChI=1S/C17H22N4O2/c1-13(12-21-8-10-23-11-9-21)19-17(22)20-15-6-2-4-14-5-3-7-18-16(14)15/h2-7,13H,8-12H2,1H3,(H2,19,20,22)/t13-/m0/s1. The van der Waals surface area contributed by atoms with Crippen LogP contribution in [0.2, 0.25) is 0 Å². The molecular formula is C17H22N4O2. The number of para-hydroxylation sites is 1. The number of aromatic nitrogens is 1. The molecule has 2 N–H and O–H groups in total. The number of ether oxygens (including phenoxy) is 1. The molecule has 1 aromatic carbocycles. The average molecular weight is 314 g/mol. The van der Waals surface area contributed by atoms with Crippen LogP contribution in [-0.2, 0) is 4.74 Å². The van der Waals surface area contributed by atoms with E-state index in [2.05, 4.69) is 20.5 Å². The van der Waals surface area contributed by atoms with E-state index in [-0.39, 0.29) is 12.1 Å². The third kappa shape index (κ3) is 4.18. The molecular weight excluding hydrogens is 292 g/mol. The molecule has 2 aromatic rings. The van der Waals surface area contributed by atoms with Gasteiger partial charge in [-0.3, -0.25) is 9.88 Å². The number of nitrogens with zero attached hydrogens (tertiary/aromatic N) is 2. The number of hydrogen-bond acceptors (Lipinski definition) is 4. The van der Waals surface area contributed by atoms with Crippen molar-refractivity contribution in [3.63, 3.8) is 0 Å². The number of fused-ring (bicyclic) bond motifs is 1. The van der Waals surface area contributed by atoms with Crippen LogP contribution in [0.25, 0.3) is 10.9 Å². The van der Waals surface area contributed by atoms with Gasteiger partial charge >= 0.3 is 6.03 Å². The Kier molecular flexibility index (Phi) is 5.05. The van der Waals surface area contributed by atoms with Gasteiger partial charge in [0.05, 0.1) is 24.4 Å². The van der Waals surface area contributed by atoms with Crippen molar-refractivity contribution in [2.45, 2.75) is 13.0 Å². The van der Waals surface area contributed by atoms with Gasteiger partial charge in [-0.2, -0.15) is 0 Å². The van der Waals surface area contributed by atoms with Crippen molar-refractivity contribution in [1.82, 2.24) is 15.2 Å². The van der Waals surface area contributed by atoms with Gasteiger partial charge in [0.2, 0.25) is 0 Å². The van der Waals surface area contributed by atoms with E-state index in [4.69, 9.17) is 4.74 Å². The zero-order chi connectivity index (χ0) is 16.1. The summed E-state index contributed by atoms with van der Waals surface area (Å²) in [6.07, 6.45) is 1.73. The van der Waals surface area contributed by atoms with Crippen molar-refractivity contribution in [3.8, 4) is 0 Å². The summed E-state index contributed by atoms with van der Waals surface area (Å²) in [7, 11) is 0. The van der Waals surface area contributed by atoms with Gasteiger partial charge in [-0.15, -0.1) is 0 Å². The Morgan fingerprint density at radius 3 is 2.91 bits per heavy atom. The number of hydrogen-bond donors (Lipinski definition) is 2. The number of rotatable bonds is 4. The number of carbonyl (C=O) groups excluding carboxylic acids is 1. The molecule has 23 heavy (non-hydrogen) atoms. The topological polar surface area (TPSA) is 66.5 Å². The second-order valence-corrected chi connectivity index (χ2v) is 5.79. The van der Waals surface area contributed by atoms with Gasteiger partial charge in [-0.1, -0.05) is 18.2 Å². The van der Waals surface area contributed by atoms with Crippen molar-refractivity contribution in [1.29, 1.82) is 0 Å². The Labute approximate surface area is 135 Å². The molecule has 0 radical (unpaired) electrons. The van der Waals surface area contributed by atoms with Crippen LogP contribution in [0.5, 0.6) is 0 Å². The first-order valence-corrected chi connectivity index (χ1v) is 7.94. The van der Waals surface area contributed by atoms with E-state index in [0.717, 1.165) is 49.4 Å². The molecule has 1 aliphatic heterocycles. The van der Waals surface area contributed by atoms with Gasteiger partial charge in [-0.05, 0) is 19.1 Å². The van der Waals surface area contributed by atoms with Crippen LogP contribution < -0.4 is 10.6 Å². The van der Waals surface area contributed by atoms with Gasteiger partial charge in [-0.25, -0.2) is 4.79 Å². The maximum atomic E-state index is 12.2. The number of morpholine rings is 1. The van der Waals surface area contributed by atoms with E-state index in [1.807, 2.05) is 37.3 Å². The first kappa shape index (κ1) is 15.7. The van der Waals surface area contributed by atoms with E-state index in [1.165, 1.54) is 0 Å². The van der Waals surface area contributed by atoms with Crippen LogP contribution in [0.3, 0.4) is 0 Å². The Morgan fingerprint density at radius 2 is 2.09 bits per heavy atom. The molecule has 2 heterocycles. The molecule has 0 spiro atoms. The molecule has 1 aliphatic rings. The molecule has 3 rings (SSSR count). The lowest BCUT2D eigenvalue weighted by Gasteiger charge is -2.29. The number of urea groups is 1. The fourth-order valence-corrected chi connectivity index (χ4v) is 2.80. The summed E-state index contributed by atoms with van der Waals surface area (Å²) in [5.74, 6) is 0. The lowest BCUT2D eigenvalue weighted by atomic mass is 10.2. The predicted molar refractivity (Wildman–Crippen MR) is 90.6 cm³/mol. The first-order valence-electron chi connectivity index (χ1n) is 7.94. The molecule has 1 aromatic heterocycles. The molecule has 122 valence electrons. The summed E-state index contributed by atoms with van der Waals surface area (Å²) in [5.41, 5.74) is 1.52. The minimum Gasteiger partial charge on any atom is -0.379 e. The number of anilines is 1. The molecule has 1 fully saturated rings. The lowest BCUT2D eigenvalue weighted by Crippen LogP contribution is -2.47. The fraction of sp³-hybridized carbons (Fsp3) is 0.412. The first-order chi connectivity index (χ1) is 11.2. The minimum absolute atomic E-state index is 0.0658. The Morgan fingerprint density at radius 1 is 1.30 bits per heavy atom. The van der Waals surface area contributed by atoms with Crippen molar-refractivity contribution < 1.29 is 9.53 Å². The van der Waals surface area contributed by atoms with E-state index >= 15 is 0 Å². The third-order valence-electron chi connectivity index (χ3n) is 3.89. The zero-order valence-electron chi connectivity index (χ0n) is 13.3. The maximum Gasteiger partial charge on any atom is 0.319 e. The Bertz CT molecular complexity index is 665. The molecule has 0 aliphatic carbocycles. The number of nitrogens with one attached hydrogen (secondary N) is 2. The molecule has 6 nitrogen and oxygen atoms in total. The third-order valence-corrected chi connectivity index (χ3v) is 3.89. The van der Waals surface area contributed by atoms with Gasteiger partial charge in [0.25, 0.3) is 0 Å². The van der Waals surface area contributed by atoms with Crippen molar-refractivity contribution in [3.05, 3.63) is 36.5 Å². The largest absolute Gasteiger partial charge is 0.379 e. The number of amides is 2. The molecule has 0 saturated carbocycles. The summed E-state index contributed by atoms with van der Waals surface area (Å²) in [4.78, 5) is 18.9. The van der Waals surface area contributed by atoms with Gasteiger partial charge < -0.3 is 15.4 Å². The molecule has 1 saturated heterocycles. The Balaban J connectivity index is 1.57. The number of benzene rings is 1. The molecule has 0 unspecified atom stereocenters. The Hall–Kier alpha value is -2.18. The second kappa shape index (κ2) is 7.39. The maximum absolute atomic E-state index is 12.2. The summed E-state index contributed by atoms with van der Waals surface area (Å²) in [6.45, 7) is 6.20. The fourth-order valence-electron chi connectivity index (χ4n) is 2.80. The van der Waals surface area contributed by atoms with Crippen molar-refractivity contribution in [2.75, 3.05) is 38.2 Å². The van der Waals surface area contributed by atoms with Crippen LogP contribution in [0.4, 0.5) is 10.5 Å². The zero-order valence-corrected chi connectivity index (χ0v) is 13.3. The van der Waals surface area contributed by atoms with E-state index in [0.29, 0.717) is 0 Å². The quantitative estimate of drug-likeness (QED) is 0.907. The summed E-state index contributed by atoms with van der Waals surface area (Å²) < 4.78 is 5.33. The predicted octanol–water partition coefficient (Wildman–Crippen LogP) is 2.08. The highest BCUT2D eigenvalue weighted by Gasteiger charge is 2.15. The van der Waals surface area contributed by atoms with Crippen LogP contribution in [0.15, 0.2) is 36.5 Å². The average Bonchev–Trinajstić information content (AvgIpc) is 2.56. The molecule has 1 atom stereocenters.